The van der Waals surface area contributed by atoms with Gasteiger partial charge in [-0.3, -0.25) is 4.40 Å². The number of benzene rings is 1. The predicted molar refractivity (Wildman–Crippen MR) is 92.2 cm³/mol. The van der Waals surface area contributed by atoms with Gasteiger partial charge in [0.1, 0.15) is 11.5 Å². The third-order valence-corrected chi connectivity index (χ3v) is 3.82. The van der Waals surface area contributed by atoms with Crippen LogP contribution in [0.4, 0.5) is 5.82 Å². The number of nitrogens with one attached hydrogen (secondary N) is 1. The number of aryl methyl sites for hydroxylation is 1. The number of hydrogen-bond acceptors (Lipinski definition) is 2. The van der Waals surface area contributed by atoms with Crippen LogP contribution in [0.3, 0.4) is 0 Å². The molecule has 0 unspecified atom stereocenters. The molecule has 3 aromatic rings. The molecule has 3 heteroatoms. The van der Waals surface area contributed by atoms with Crippen molar-refractivity contribution in [3.8, 4) is 0 Å². The molecule has 3 rings (SSSR count). The number of anilines is 1. The molecule has 2 aromatic heterocycles. The molecule has 1 N–H and O–H groups in total. The fraction of sp³-hybridized carbons (Fsp3) is 0.316. The van der Waals surface area contributed by atoms with Crippen LogP contribution in [0.15, 0.2) is 48.5 Å². The van der Waals surface area contributed by atoms with Crippen molar-refractivity contribution >= 4 is 11.5 Å². The van der Waals surface area contributed by atoms with E-state index < -0.39 is 0 Å². The second-order valence-electron chi connectivity index (χ2n) is 6.21. The van der Waals surface area contributed by atoms with Crippen LogP contribution in [0, 0.1) is 12.8 Å². The Kier molecular flexibility index (Phi) is 4.14. The van der Waals surface area contributed by atoms with E-state index in [0.29, 0.717) is 5.92 Å². The number of pyridine rings is 1. The average molecular weight is 293 g/mol. The van der Waals surface area contributed by atoms with E-state index in [-0.39, 0.29) is 0 Å². The lowest BCUT2D eigenvalue weighted by Gasteiger charge is -2.11. The Morgan fingerprint density at radius 1 is 1.05 bits per heavy atom. The van der Waals surface area contributed by atoms with Crippen molar-refractivity contribution in [1.29, 1.82) is 0 Å². The van der Waals surface area contributed by atoms with Crippen molar-refractivity contribution in [3.63, 3.8) is 0 Å². The summed E-state index contributed by atoms with van der Waals surface area (Å²) in [5, 5.41) is 3.60. The molecular formula is C19H23N3. The average Bonchev–Trinajstić information content (AvgIpc) is 2.84. The molecule has 3 nitrogen and oxygen atoms in total. The minimum Gasteiger partial charge on any atom is -0.366 e. The lowest BCUT2D eigenvalue weighted by Crippen LogP contribution is -2.07. The Labute approximate surface area is 132 Å². The van der Waals surface area contributed by atoms with Crippen LogP contribution in [-0.4, -0.2) is 9.38 Å². The lowest BCUT2D eigenvalue weighted by atomic mass is 10.1. The second kappa shape index (κ2) is 6.22. The largest absolute Gasteiger partial charge is 0.366 e. The summed E-state index contributed by atoms with van der Waals surface area (Å²) in [5.74, 6) is 1.72. The molecule has 0 atom stereocenters. The van der Waals surface area contributed by atoms with E-state index in [1.54, 1.807) is 0 Å². The van der Waals surface area contributed by atoms with Crippen molar-refractivity contribution in [2.45, 2.75) is 33.7 Å². The maximum absolute atomic E-state index is 4.83. The summed E-state index contributed by atoms with van der Waals surface area (Å²) in [6.45, 7) is 7.41. The molecule has 0 aliphatic rings. The fourth-order valence-corrected chi connectivity index (χ4v) is 2.79. The van der Waals surface area contributed by atoms with Gasteiger partial charge in [0, 0.05) is 12.2 Å². The third kappa shape index (κ3) is 2.98. The van der Waals surface area contributed by atoms with Gasteiger partial charge in [-0.25, -0.2) is 4.98 Å². The van der Waals surface area contributed by atoms with E-state index in [2.05, 4.69) is 73.0 Å². The van der Waals surface area contributed by atoms with Gasteiger partial charge in [-0.15, -0.1) is 0 Å². The van der Waals surface area contributed by atoms with Gasteiger partial charge in [-0.1, -0.05) is 50.2 Å². The van der Waals surface area contributed by atoms with Crippen LogP contribution in [0.5, 0.6) is 0 Å². The normalized spacial score (nSPS) is 11.3. The minimum atomic E-state index is 0.586. The molecule has 2 heterocycles. The summed E-state index contributed by atoms with van der Waals surface area (Å²) in [4.78, 5) is 4.83. The van der Waals surface area contributed by atoms with E-state index in [1.165, 1.54) is 11.3 Å². The van der Waals surface area contributed by atoms with Crippen LogP contribution < -0.4 is 5.32 Å². The second-order valence-corrected chi connectivity index (χ2v) is 6.21. The molecule has 0 radical (unpaired) electrons. The monoisotopic (exact) mass is 293 g/mol. The number of aromatic nitrogens is 2. The first kappa shape index (κ1) is 14.6. The molecular weight excluding hydrogens is 270 g/mol. The quantitative estimate of drug-likeness (QED) is 0.753. The number of fused-ring (bicyclic) bond motifs is 1. The third-order valence-electron chi connectivity index (χ3n) is 3.82. The highest BCUT2D eigenvalue weighted by molar-refractivity contribution is 5.57. The van der Waals surface area contributed by atoms with E-state index >= 15 is 0 Å². The van der Waals surface area contributed by atoms with Crippen LogP contribution in [0.2, 0.25) is 0 Å². The van der Waals surface area contributed by atoms with Gasteiger partial charge in [0.25, 0.3) is 0 Å². The first-order valence-corrected chi connectivity index (χ1v) is 7.90. The van der Waals surface area contributed by atoms with Gasteiger partial charge in [-0.2, -0.15) is 0 Å². The highest BCUT2D eigenvalue weighted by atomic mass is 15.1. The number of hydrogen-bond donors (Lipinski definition) is 1. The molecule has 0 aliphatic carbocycles. The number of imidazole rings is 1. The molecule has 22 heavy (non-hydrogen) atoms. The molecule has 0 bridgehead atoms. The molecule has 114 valence electrons. The highest BCUT2D eigenvalue weighted by Crippen LogP contribution is 2.23. The minimum absolute atomic E-state index is 0.586. The molecule has 0 spiro atoms. The van der Waals surface area contributed by atoms with E-state index in [9.17, 15) is 0 Å². The van der Waals surface area contributed by atoms with Crippen LogP contribution in [0.1, 0.15) is 30.8 Å². The first-order chi connectivity index (χ1) is 10.6. The smallest absolute Gasteiger partial charge is 0.138 e. The maximum atomic E-state index is 4.83. The summed E-state index contributed by atoms with van der Waals surface area (Å²) in [6, 6.07) is 16.8. The fourth-order valence-electron chi connectivity index (χ4n) is 2.79. The summed E-state index contributed by atoms with van der Waals surface area (Å²) < 4.78 is 2.22. The van der Waals surface area contributed by atoms with Crippen molar-refractivity contribution in [3.05, 3.63) is 65.5 Å². The van der Waals surface area contributed by atoms with Gasteiger partial charge >= 0.3 is 0 Å². The summed E-state index contributed by atoms with van der Waals surface area (Å²) >= 11 is 0. The number of rotatable bonds is 5. The van der Waals surface area contributed by atoms with Gasteiger partial charge in [0.05, 0.1) is 5.69 Å². The van der Waals surface area contributed by atoms with Crippen molar-refractivity contribution in [2.75, 3.05) is 5.32 Å². The van der Waals surface area contributed by atoms with Gasteiger partial charge in [0.15, 0.2) is 0 Å². The Morgan fingerprint density at radius 3 is 2.55 bits per heavy atom. The zero-order chi connectivity index (χ0) is 15.5. The summed E-state index contributed by atoms with van der Waals surface area (Å²) in [7, 11) is 0. The zero-order valence-electron chi connectivity index (χ0n) is 13.5. The SMILES string of the molecule is Cc1cccc2nc(CC(C)C)c(NCc3ccccc3)n12. The van der Waals surface area contributed by atoms with Crippen LogP contribution >= 0.6 is 0 Å². The van der Waals surface area contributed by atoms with Crippen LogP contribution in [-0.2, 0) is 13.0 Å². The van der Waals surface area contributed by atoms with Crippen LogP contribution in [0.25, 0.3) is 5.65 Å². The summed E-state index contributed by atoms with van der Waals surface area (Å²) in [6.07, 6.45) is 0.984. The maximum Gasteiger partial charge on any atom is 0.138 e. The topological polar surface area (TPSA) is 29.3 Å². The number of nitrogens with zero attached hydrogens (tertiary/aromatic N) is 2. The first-order valence-electron chi connectivity index (χ1n) is 7.90. The van der Waals surface area contributed by atoms with E-state index in [0.717, 1.165) is 30.1 Å². The lowest BCUT2D eigenvalue weighted by molar-refractivity contribution is 0.638. The Hall–Kier alpha value is -2.29. The Morgan fingerprint density at radius 2 is 1.82 bits per heavy atom. The van der Waals surface area contributed by atoms with Gasteiger partial charge < -0.3 is 5.32 Å². The van der Waals surface area contributed by atoms with Crippen molar-refractivity contribution in [1.82, 2.24) is 9.38 Å². The van der Waals surface area contributed by atoms with E-state index in [1.807, 2.05) is 6.07 Å². The molecule has 1 aromatic carbocycles. The van der Waals surface area contributed by atoms with Gasteiger partial charge in [-0.05, 0) is 37.0 Å². The van der Waals surface area contributed by atoms with Gasteiger partial charge in [0.2, 0.25) is 0 Å². The molecule has 0 amide bonds. The predicted octanol–water partition coefficient (Wildman–Crippen LogP) is 4.45. The van der Waals surface area contributed by atoms with Crippen molar-refractivity contribution in [2.24, 2.45) is 5.92 Å². The Balaban J connectivity index is 1.97. The molecule has 0 saturated carbocycles. The highest BCUT2D eigenvalue weighted by Gasteiger charge is 2.14. The molecule has 0 aliphatic heterocycles. The van der Waals surface area contributed by atoms with E-state index in [4.69, 9.17) is 4.98 Å². The molecule has 0 fully saturated rings. The summed E-state index contributed by atoms with van der Waals surface area (Å²) in [5.41, 5.74) is 4.66. The standard InChI is InChI=1S/C19H23N3/c1-14(2)12-17-19(20-13-16-9-5-4-6-10-16)22-15(3)8-7-11-18(22)21-17/h4-11,14,20H,12-13H2,1-3H3. The van der Waals surface area contributed by atoms with Crippen molar-refractivity contribution < 1.29 is 0 Å². The zero-order valence-corrected chi connectivity index (χ0v) is 13.5. The Bertz CT molecular complexity index is 757. The molecule has 0 saturated heterocycles.